The molecule has 27 heavy (non-hydrogen) atoms. The second-order valence-corrected chi connectivity index (χ2v) is 7.41. The molecule has 1 aliphatic carbocycles. The molecule has 0 bridgehead atoms. The number of rotatable bonds is 6. The summed E-state index contributed by atoms with van der Waals surface area (Å²) >= 11 is 0. The molecule has 2 rings (SSSR count). The number of carboxylic acid groups (broad SMARTS) is 2. The molecule has 0 spiro atoms. The Kier molecular flexibility index (Phi) is 10.0. The molecular weight excluding hydrogens is 346 g/mol. The summed E-state index contributed by atoms with van der Waals surface area (Å²) in [4.78, 5) is 20.4. The topological polar surface area (TPSA) is 87.1 Å². The average molecular weight is 379 g/mol. The smallest absolute Gasteiger partial charge is 0.414 e. The molecule has 0 heterocycles. The molecule has 152 valence electrons. The highest BCUT2D eigenvalue weighted by Gasteiger charge is 2.28. The van der Waals surface area contributed by atoms with Gasteiger partial charge in [0.05, 0.1) is 12.7 Å². The van der Waals surface area contributed by atoms with Crippen LogP contribution < -0.4 is 0 Å². The largest absolute Gasteiger partial charge is 0.473 e. The van der Waals surface area contributed by atoms with E-state index in [1.54, 1.807) is 0 Å². The summed E-state index contributed by atoms with van der Waals surface area (Å²) < 4.78 is 6.40. The quantitative estimate of drug-likeness (QED) is 0.734. The van der Waals surface area contributed by atoms with Crippen molar-refractivity contribution in [3.05, 3.63) is 34.9 Å². The van der Waals surface area contributed by atoms with Crippen molar-refractivity contribution in [3.63, 3.8) is 0 Å². The molecule has 0 radical (unpaired) electrons. The van der Waals surface area contributed by atoms with Crippen LogP contribution in [0.1, 0.15) is 54.9 Å². The van der Waals surface area contributed by atoms with Crippen molar-refractivity contribution in [1.29, 1.82) is 0 Å². The van der Waals surface area contributed by atoms with Gasteiger partial charge in [0.15, 0.2) is 0 Å². The molecule has 1 aliphatic rings. The van der Waals surface area contributed by atoms with E-state index in [0.717, 1.165) is 13.2 Å². The van der Waals surface area contributed by atoms with Crippen molar-refractivity contribution in [2.24, 2.45) is 5.92 Å². The number of hydrogen-bond donors (Lipinski definition) is 2. The van der Waals surface area contributed by atoms with E-state index in [9.17, 15) is 0 Å². The molecule has 6 nitrogen and oxygen atoms in total. The van der Waals surface area contributed by atoms with Gasteiger partial charge in [-0.2, -0.15) is 0 Å². The van der Waals surface area contributed by atoms with Crippen LogP contribution in [0.3, 0.4) is 0 Å². The first-order valence-electron chi connectivity index (χ1n) is 9.52. The van der Waals surface area contributed by atoms with E-state index < -0.39 is 11.9 Å². The number of hydrogen-bond acceptors (Lipinski definition) is 4. The lowest BCUT2D eigenvalue weighted by molar-refractivity contribution is -0.159. The molecule has 0 aliphatic heterocycles. The lowest BCUT2D eigenvalue weighted by Crippen LogP contribution is -2.25. The first kappa shape index (κ1) is 23.1. The predicted octanol–water partition coefficient (Wildman–Crippen LogP) is 3.66. The summed E-state index contributed by atoms with van der Waals surface area (Å²) in [6.45, 7) is 6.27. The van der Waals surface area contributed by atoms with Gasteiger partial charge in [0, 0.05) is 6.54 Å². The normalized spacial score (nSPS) is 15.7. The lowest BCUT2D eigenvalue weighted by Gasteiger charge is -2.33. The second-order valence-electron chi connectivity index (χ2n) is 7.41. The molecule has 0 amide bonds. The first-order valence-corrected chi connectivity index (χ1v) is 9.52. The molecule has 1 fully saturated rings. The van der Waals surface area contributed by atoms with Gasteiger partial charge >= 0.3 is 11.9 Å². The van der Waals surface area contributed by atoms with Crippen LogP contribution in [0.25, 0.3) is 0 Å². The highest BCUT2D eigenvalue weighted by Crippen LogP contribution is 2.39. The summed E-state index contributed by atoms with van der Waals surface area (Å²) in [6, 6.07) is 6.62. The van der Waals surface area contributed by atoms with Gasteiger partial charge in [-0.25, -0.2) is 9.59 Å². The summed E-state index contributed by atoms with van der Waals surface area (Å²) in [7, 11) is 4.22. The zero-order valence-corrected chi connectivity index (χ0v) is 16.9. The molecule has 2 N–H and O–H groups in total. The van der Waals surface area contributed by atoms with Crippen molar-refractivity contribution in [3.8, 4) is 0 Å². The Labute approximate surface area is 162 Å². The minimum absolute atomic E-state index is 0.284. The van der Waals surface area contributed by atoms with Crippen LogP contribution in [0.2, 0.25) is 0 Å². The predicted molar refractivity (Wildman–Crippen MR) is 105 cm³/mol. The van der Waals surface area contributed by atoms with Crippen molar-refractivity contribution in [2.45, 2.75) is 52.1 Å². The number of carbonyl (C=O) groups is 2. The van der Waals surface area contributed by atoms with E-state index in [-0.39, 0.29) is 6.10 Å². The Morgan fingerprint density at radius 2 is 1.59 bits per heavy atom. The van der Waals surface area contributed by atoms with Gasteiger partial charge in [0.25, 0.3) is 0 Å². The first-order chi connectivity index (χ1) is 12.7. The van der Waals surface area contributed by atoms with Gasteiger partial charge in [-0.15, -0.1) is 0 Å². The summed E-state index contributed by atoms with van der Waals surface area (Å²) in [5, 5.41) is 14.8. The van der Waals surface area contributed by atoms with E-state index >= 15 is 0 Å². The van der Waals surface area contributed by atoms with Crippen LogP contribution in [-0.2, 0) is 14.3 Å². The van der Waals surface area contributed by atoms with E-state index in [1.807, 2.05) is 0 Å². The average Bonchev–Trinajstić information content (AvgIpc) is 2.61. The zero-order valence-electron chi connectivity index (χ0n) is 16.9. The van der Waals surface area contributed by atoms with Gasteiger partial charge < -0.3 is 19.8 Å². The molecule has 1 unspecified atom stereocenters. The number of aryl methyl sites for hydroxylation is 2. The highest BCUT2D eigenvalue weighted by atomic mass is 16.5. The third-order valence-corrected chi connectivity index (χ3v) is 4.92. The van der Waals surface area contributed by atoms with Crippen molar-refractivity contribution >= 4 is 11.9 Å². The highest BCUT2D eigenvalue weighted by molar-refractivity contribution is 6.27. The number of carboxylic acids is 2. The standard InChI is InChI=1S/C19H31NO.C2H2O4/c1-15-9-8-10-16(2)18(15)19(21-14-13-20(3)4)17-11-6-5-7-12-17;3-1(4)2(5)6/h8-10,17,19H,5-7,11-14H2,1-4H3;(H,3,4)(H,5,6). The maximum atomic E-state index is 9.10. The third kappa shape index (κ3) is 8.10. The summed E-state index contributed by atoms with van der Waals surface area (Å²) in [5.41, 5.74) is 4.22. The fourth-order valence-corrected chi connectivity index (χ4v) is 3.53. The Hall–Kier alpha value is -1.92. The van der Waals surface area contributed by atoms with Crippen molar-refractivity contribution in [1.82, 2.24) is 4.90 Å². The monoisotopic (exact) mass is 379 g/mol. The van der Waals surface area contributed by atoms with Crippen LogP contribution in [0.4, 0.5) is 0 Å². The maximum absolute atomic E-state index is 9.10. The van der Waals surface area contributed by atoms with Crippen molar-refractivity contribution in [2.75, 3.05) is 27.2 Å². The molecule has 1 aromatic carbocycles. The number of nitrogens with zero attached hydrogens (tertiary/aromatic N) is 1. The van der Waals surface area contributed by atoms with Crippen LogP contribution >= 0.6 is 0 Å². The summed E-state index contributed by atoms with van der Waals surface area (Å²) in [6.07, 6.45) is 7.05. The van der Waals surface area contributed by atoms with Crippen LogP contribution in [0, 0.1) is 19.8 Å². The molecule has 1 atom stereocenters. The van der Waals surface area contributed by atoms with Crippen LogP contribution in [0.15, 0.2) is 18.2 Å². The van der Waals surface area contributed by atoms with E-state index in [2.05, 4.69) is 51.0 Å². The molecule has 1 saturated carbocycles. The maximum Gasteiger partial charge on any atom is 0.414 e. The van der Waals surface area contributed by atoms with Gasteiger partial charge in [-0.05, 0) is 63.4 Å². The molecule has 1 aromatic rings. The van der Waals surface area contributed by atoms with E-state index in [4.69, 9.17) is 24.5 Å². The zero-order chi connectivity index (χ0) is 20.4. The SMILES string of the molecule is Cc1cccc(C)c1C(OCCN(C)C)C1CCCCC1.O=C(O)C(=O)O. The molecule has 0 saturated heterocycles. The fraction of sp³-hybridized carbons (Fsp3) is 0.619. The molecule has 6 heteroatoms. The minimum atomic E-state index is -1.82. The Morgan fingerprint density at radius 3 is 2.04 bits per heavy atom. The van der Waals surface area contributed by atoms with E-state index in [0.29, 0.717) is 5.92 Å². The third-order valence-electron chi connectivity index (χ3n) is 4.92. The van der Waals surface area contributed by atoms with Gasteiger partial charge in [-0.1, -0.05) is 37.5 Å². The number of aliphatic carboxylic acids is 2. The van der Waals surface area contributed by atoms with Crippen molar-refractivity contribution < 1.29 is 24.5 Å². The van der Waals surface area contributed by atoms with Gasteiger partial charge in [0.2, 0.25) is 0 Å². The minimum Gasteiger partial charge on any atom is -0.473 e. The number of benzene rings is 1. The van der Waals surface area contributed by atoms with Gasteiger partial charge in [0.1, 0.15) is 0 Å². The Bertz CT molecular complexity index is 576. The van der Waals surface area contributed by atoms with E-state index in [1.165, 1.54) is 48.8 Å². The van der Waals surface area contributed by atoms with Gasteiger partial charge in [-0.3, -0.25) is 0 Å². The molecular formula is C21H33NO5. The fourth-order valence-electron chi connectivity index (χ4n) is 3.53. The summed E-state index contributed by atoms with van der Waals surface area (Å²) in [5.74, 6) is -2.95. The Balaban J connectivity index is 0.000000527. The Morgan fingerprint density at radius 1 is 1.07 bits per heavy atom. The molecule has 0 aromatic heterocycles. The van der Waals surface area contributed by atoms with Crippen LogP contribution in [-0.4, -0.2) is 54.3 Å². The number of likely N-dealkylation sites (N-methyl/N-ethyl adjacent to an activating group) is 1. The van der Waals surface area contributed by atoms with Crippen LogP contribution in [0.5, 0.6) is 0 Å². The number of ether oxygens (including phenoxy) is 1. The lowest BCUT2D eigenvalue weighted by atomic mass is 9.80. The second kappa shape index (κ2) is 11.7.